The van der Waals surface area contributed by atoms with Gasteiger partial charge in [-0.05, 0) is 5.56 Å². The number of imide groups is 1. The van der Waals surface area contributed by atoms with Gasteiger partial charge in [-0.2, -0.15) is 0 Å². The zero-order chi connectivity index (χ0) is 13.8. The number of hydrogen-bond donors (Lipinski definition) is 0. The van der Waals surface area contributed by atoms with Crippen molar-refractivity contribution >= 4 is 17.8 Å². The summed E-state index contributed by atoms with van der Waals surface area (Å²) >= 11 is 0. The highest BCUT2D eigenvalue weighted by Crippen LogP contribution is 2.24. The van der Waals surface area contributed by atoms with Crippen molar-refractivity contribution in [1.82, 2.24) is 4.90 Å². The summed E-state index contributed by atoms with van der Waals surface area (Å²) in [4.78, 5) is 35.5. The molecule has 1 unspecified atom stereocenters. The highest BCUT2D eigenvalue weighted by Gasteiger charge is 2.32. The van der Waals surface area contributed by atoms with Gasteiger partial charge in [-0.15, -0.1) is 0 Å². The average molecular weight is 259 g/mol. The maximum atomic E-state index is 11.7. The molecule has 5 heteroatoms. The number of nitrogens with zero attached hydrogens (tertiary/aromatic N) is 1. The molecule has 1 aromatic carbocycles. The smallest absolute Gasteiger partial charge is 0.302 e. The van der Waals surface area contributed by atoms with Crippen LogP contribution >= 0.6 is 0 Å². The molecule has 0 bridgehead atoms. The van der Waals surface area contributed by atoms with Crippen molar-refractivity contribution in [2.45, 2.75) is 13.0 Å². The Labute approximate surface area is 110 Å². The van der Waals surface area contributed by atoms with Crippen LogP contribution in [0.5, 0.6) is 0 Å². The molecule has 5 nitrogen and oxygen atoms in total. The summed E-state index contributed by atoms with van der Waals surface area (Å²) in [5.74, 6) is -1.25. The second-order valence-corrected chi connectivity index (χ2v) is 4.11. The summed E-state index contributed by atoms with van der Waals surface area (Å²) in [6.07, 6.45) is 2.43. The minimum atomic E-state index is -0.597. The van der Waals surface area contributed by atoms with Crippen LogP contribution in [-0.4, -0.2) is 29.3 Å². The van der Waals surface area contributed by atoms with Gasteiger partial charge in [0.2, 0.25) is 0 Å². The molecule has 19 heavy (non-hydrogen) atoms. The van der Waals surface area contributed by atoms with E-state index in [0.29, 0.717) is 0 Å². The zero-order valence-corrected chi connectivity index (χ0v) is 10.4. The van der Waals surface area contributed by atoms with Crippen LogP contribution in [0.4, 0.5) is 0 Å². The average Bonchev–Trinajstić information content (AvgIpc) is 2.72. The molecule has 2 amide bonds. The summed E-state index contributed by atoms with van der Waals surface area (Å²) in [5, 5.41) is 0. The topological polar surface area (TPSA) is 63.7 Å². The fourth-order valence-corrected chi connectivity index (χ4v) is 1.91. The van der Waals surface area contributed by atoms with Crippen molar-refractivity contribution in [2.75, 3.05) is 6.61 Å². The number of hydrogen-bond acceptors (Lipinski definition) is 4. The summed E-state index contributed by atoms with van der Waals surface area (Å²) < 4.78 is 4.95. The molecule has 0 spiro atoms. The Bertz CT molecular complexity index is 518. The minimum absolute atomic E-state index is 0.0431. The molecule has 0 aromatic heterocycles. The monoisotopic (exact) mass is 259 g/mol. The fraction of sp³-hybridized carbons (Fsp3) is 0.214. The van der Waals surface area contributed by atoms with Gasteiger partial charge in [0.25, 0.3) is 11.8 Å². The lowest BCUT2D eigenvalue weighted by atomic mass is 10.1. The number of carbonyl (C=O) groups excluding carboxylic acids is 3. The number of ether oxygens (including phenoxy) is 1. The molecule has 0 radical (unpaired) electrons. The van der Waals surface area contributed by atoms with Gasteiger partial charge >= 0.3 is 5.97 Å². The van der Waals surface area contributed by atoms with Crippen LogP contribution in [0, 0.1) is 0 Å². The van der Waals surface area contributed by atoms with Gasteiger partial charge in [0, 0.05) is 19.1 Å². The molecule has 0 fully saturated rings. The molecular weight excluding hydrogens is 246 g/mol. The second kappa shape index (κ2) is 5.48. The van der Waals surface area contributed by atoms with Crippen molar-refractivity contribution in [3.05, 3.63) is 48.0 Å². The van der Waals surface area contributed by atoms with E-state index in [1.807, 2.05) is 6.07 Å². The van der Waals surface area contributed by atoms with E-state index in [1.54, 1.807) is 24.3 Å². The van der Waals surface area contributed by atoms with E-state index in [1.165, 1.54) is 19.1 Å². The Hall–Kier alpha value is -2.43. The zero-order valence-electron chi connectivity index (χ0n) is 10.4. The normalized spacial score (nSPS) is 15.7. The van der Waals surface area contributed by atoms with Crippen LogP contribution in [0.25, 0.3) is 0 Å². The molecule has 0 aliphatic carbocycles. The number of esters is 1. The van der Waals surface area contributed by atoms with Gasteiger partial charge in [0.1, 0.15) is 6.61 Å². The van der Waals surface area contributed by atoms with E-state index in [-0.39, 0.29) is 6.61 Å². The first-order valence-corrected chi connectivity index (χ1v) is 5.83. The van der Waals surface area contributed by atoms with Crippen LogP contribution < -0.4 is 0 Å². The SMILES string of the molecule is CC(=O)OCC(c1ccccc1)N1C(=O)C=CC1=O. The van der Waals surface area contributed by atoms with Crippen molar-refractivity contribution in [2.24, 2.45) is 0 Å². The molecule has 98 valence electrons. The predicted molar refractivity (Wildman–Crippen MR) is 66.8 cm³/mol. The minimum Gasteiger partial charge on any atom is -0.463 e. The Morgan fingerprint density at radius 2 is 1.74 bits per heavy atom. The lowest BCUT2D eigenvalue weighted by Gasteiger charge is -2.26. The van der Waals surface area contributed by atoms with Crippen molar-refractivity contribution in [3.63, 3.8) is 0 Å². The molecule has 1 heterocycles. The van der Waals surface area contributed by atoms with Gasteiger partial charge < -0.3 is 4.74 Å². The molecule has 1 aliphatic heterocycles. The van der Waals surface area contributed by atoms with Crippen molar-refractivity contribution in [3.8, 4) is 0 Å². The van der Waals surface area contributed by atoms with E-state index in [4.69, 9.17) is 4.74 Å². The molecule has 0 N–H and O–H groups in total. The first-order valence-electron chi connectivity index (χ1n) is 5.83. The third-order valence-corrected chi connectivity index (χ3v) is 2.78. The Morgan fingerprint density at radius 1 is 1.16 bits per heavy atom. The van der Waals surface area contributed by atoms with Crippen LogP contribution in [0.2, 0.25) is 0 Å². The van der Waals surface area contributed by atoms with E-state index in [2.05, 4.69) is 0 Å². The molecule has 0 saturated carbocycles. The number of carbonyl (C=O) groups is 3. The van der Waals surface area contributed by atoms with E-state index < -0.39 is 23.8 Å². The highest BCUT2D eigenvalue weighted by atomic mass is 16.5. The van der Waals surface area contributed by atoms with Gasteiger partial charge in [0.15, 0.2) is 0 Å². The molecule has 1 aromatic rings. The van der Waals surface area contributed by atoms with E-state index in [0.717, 1.165) is 10.5 Å². The lowest BCUT2D eigenvalue weighted by Crippen LogP contribution is -2.37. The predicted octanol–water partition coefficient (Wildman–Crippen LogP) is 1.22. The van der Waals surface area contributed by atoms with Gasteiger partial charge in [-0.1, -0.05) is 30.3 Å². The molecular formula is C14H13NO4. The van der Waals surface area contributed by atoms with E-state index >= 15 is 0 Å². The van der Waals surface area contributed by atoms with E-state index in [9.17, 15) is 14.4 Å². The third kappa shape index (κ3) is 2.88. The van der Waals surface area contributed by atoms with Crippen molar-refractivity contribution < 1.29 is 19.1 Å². The van der Waals surface area contributed by atoms with Gasteiger partial charge in [-0.3, -0.25) is 19.3 Å². The second-order valence-electron chi connectivity index (χ2n) is 4.11. The summed E-state index contributed by atoms with van der Waals surface area (Å²) in [6, 6.07) is 8.40. The Morgan fingerprint density at radius 3 is 2.26 bits per heavy atom. The largest absolute Gasteiger partial charge is 0.463 e. The van der Waals surface area contributed by atoms with Crippen LogP contribution in [0.3, 0.4) is 0 Å². The van der Waals surface area contributed by atoms with Crippen molar-refractivity contribution in [1.29, 1.82) is 0 Å². The third-order valence-electron chi connectivity index (χ3n) is 2.78. The molecule has 1 atom stereocenters. The molecule has 1 aliphatic rings. The van der Waals surface area contributed by atoms with Gasteiger partial charge in [-0.25, -0.2) is 0 Å². The highest BCUT2D eigenvalue weighted by molar-refractivity contribution is 6.13. The standard InChI is InChI=1S/C14H13NO4/c1-10(16)19-9-12(11-5-3-2-4-6-11)15-13(17)7-8-14(15)18/h2-8,12H,9H2,1H3. The fourth-order valence-electron chi connectivity index (χ4n) is 1.91. The van der Waals surface area contributed by atoms with Crippen LogP contribution in [0.15, 0.2) is 42.5 Å². The number of amides is 2. The van der Waals surface area contributed by atoms with Gasteiger partial charge in [0.05, 0.1) is 6.04 Å². The Kier molecular flexibility index (Phi) is 3.75. The summed E-state index contributed by atoms with van der Waals surface area (Å²) in [6.45, 7) is 1.24. The first kappa shape index (κ1) is 13.0. The number of rotatable bonds is 4. The molecule has 0 saturated heterocycles. The lowest BCUT2D eigenvalue weighted by molar-refractivity contribution is -0.149. The quantitative estimate of drug-likeness (QED) is 0.602. The van der Waals surface area contributed by atoms with Crippen LogP contribution in [-0.2, 0) is 19.1 Å². The maximum Gasteiger partial charge on any atom is 0.302 e. The Balaban J connectivity index is 2.27. The number of benzene rings is 1. The summed E-state index contributed by atoms with van der Waals surface area (Å²) in [5.41, 5.74) is 0.745. The van der Waals surface area contributed by atoms with Crippen LogP contribution in [0.1, 0.15) is 18.5 Å². The molecule has 2 rings (SSSR count). The maximum absolute atomic E-state index is 11.7. The summed E-state index contributed by atoms with van der Waals surface area (Å²) in [7, 11) is 0. The first-order chi connectivity index (χ1) is 9.09.